The van der Waals surface area contributed by atoms with Crippen LogP contribution in [0.5, 0.6) is 0 Å². The van der Waals surface area contributed by atoms with Crippen LogP contribution in [0.2, 0.25) is 0 Å². The molecule has 0 atom stereocenters. The zero-order valence-electron chi connectivity index (χ0n) is 4.21. The highest BCUT2D eigenvalue weighted by Gasteiger charge is 1.99. The molecule has 1 N–H and O–H groups in total. The van der Waals surface area contributed by atoms with Gasteiger partial charge >= 0.3 is 6.09 Å². The molecule has 0 saturated heterocycles. The molecular weight excluding hydrogens is 98.0 g/mol. The SMILES string of the molecule is CON(C)C(=O)O. The maximum Gasteiger partial charge on any atom is 0.431 e. The Kier molecular flexibility index (Phi) is 2.15. The maximum absolute atomic E-state index is 9.73. The van der Waals surface area contributed by atoms with Crippen molar-refractivity contribution in [3.05, 3.63) is 0 Å². The average Bonchev–Trinajstić information content (AvgIpc) is 1.65. The van der Waals surface area contributed by atoms with Crippen molar-refractivity contribution in [2.75, 3.05) is 14.2 Å². The lowest BCUT2D eigenvalue weighted by molar-refractivity contribution is -0.0819. The van der Waals surface area contributed by atoms with Crippen molar-refractivity contribution in [3.63, 3.8) is 0 Å². The van der Waals surface area contributed by atoms with Crippen LogP contribution in [-0.2, 0) is 4.84 Å². The van der Waals surface area contributed by atoms with E-state index >= 15 is 0 Å². The molecule has 0 saturated carbocycles. The molecule has 0 heterocycles. The van der Waals surface area contributed by atoms with Gasteiger partial charge < -0.3 is 5.11 Å². The minimum Gasteiger partial charge on any atom is -0.463 e. The fourth-order valence-corrected chi connectivity index (χ4v) is 0.0781. The van der Waals surface area contributed by atoms with Gasteiger partial charge in [-0.25, -0.2) is 4.79 Å². The Balaban J connectivity index is 3.34. The lowest BCUT2D eigenvalue weighted by Crippen LogP contribution is -2.22. The Morgan fingerprint density at radius 3 is 2.29 bits per heavy atom. The Labute approximate surface area is 41.3 Å². The van der Waals surface area contributed by atoms with E-state index in [4.69, 9.17) is 5.11 Å². The maximum atomic E-state index is 9.73. The molecule has 0 fully saturated rings. The predicted octanol–water partition coefficient (Wildman–Crippen LogP) is 0.158. The molecule has 4 nitrogen and oxygen atoms in total. The summed E-state index contributed by atoms with van der Waals surface area (Å²) < 4.78 is 0. The van der Waals surface area contributed by atoms with Crippen LogP contribution in [0, 0.1) is 0 Å². The summed E-state index contributed by atoms with van der Waals surface area (Å²) in [5, 5.41) is 8.69. The molecule has 1 amide bonds. The van der Waals surface area contributed by atoms with Crippen molar-refractivity contribution >= 4 is 6.09 Å². The first kappa shape index (κ1) is 6.23. The van der Waals surface area contributed by atoms with Crippen LogP contribution >= 0.6 is 0 Å². The fourth-order valence-electron chi connectivity index (χ4n) is 0.0781. The Hall–Kier alpha value is -0.770. The fraction of sp³-hybridized carbons (Fsp3) is 0.667. The largest absolute Gasteiger partial charge is 0.463 e. The van der Waals surface area contributed by atoms with Gasteiger partial charge in [-0.3, -0.25) is 4.84 Å². The van der Waals surface area contributed by atoms with Crippen LogP contribution < -0.4 is 0 Å². The van der Waals surface area contributed by atoms with Crippen LogP contribution in [0.3, 0.4) is 0 Å². The van der Waals surface area contributed by atoms with Gasteiger partial charge in [-0.05, 0) is 0 Å². The third kappa shape index (κ3) is 1.99. The quantitative estimate of drug-likeness (QED) is 0.483. The molecule has 0 unspecified atom stereocenters. The summed E-state index contributed by atoms with van der Waals surface area (Å²) in [6, 6.07) is 0. The van der Waals surface area contributed by atoms with Crippen molar-refractivity contribution in [3.8, 4) is 0 Å². The zero-order chi connectivity index (χ0) is 5.86. The number of amides is 1. The summed E-state index contributed by atoms with van der Waals surface area (Å²) in [6.07, 6.45) is -1.09. The molecular formula is C3H7NO3. The highest BCUT2D eigenvalue weighted by Crippen LogP contribution is 1.78. The standard InChI is InChI=1S/C3H7NO3/c1-4(7-2)3(5)6/h1-2H3,(H,5,6). The van der Waals surface area contributed by atoms with Crippen molar-refractivity contribution < 1.29 is 14.7 Å². The molecule has 0 aliphatic heterocycles. The van der Waals surface area contributed by atoms with Gasteiger partial charge in [-0.15, -0.1) is 0 Å². The second kappa shape index (κ2) is 2.41. The molecule has 0 aliphatic rings. The predicted molar refractivity (Wildman–Crippen MR) is 22.8 cm³/mol. The molecule has 0 aliphatic carbocycles. The average molecular weight is 105 g/mol. The molecule has 0 aromatic carbocycles. The van der Waals surface area contributed by atoms with E-state index in [1.54, 1.807) is 0 Å². The third-order valence-corrected chi connectivity index (χ3v) is 0.543. The first-order valence-corrected chi connectivity index (χ1v) is 1.69. The Morgan fingerprint density at radius 1 is 1.86 bits per heavy atom. The van der Waals surface area contributed by atoms with Gasteiger partial charge in [0.2, 0.25) is 0 Å². The summed E-state index contributed by atoms with van der Waals surface area (Å²) in [6.45, 7) is 0. The van der Waals surface area contributed by atoms with Crippen molar-refractivity contribution in [2.45, 2.75) is 0 Å². The second-order valence-electron chi connectivity index (χ2n) is 0.963. The second-order valence-corrected chi connectivity index (χ2v) is 0.963. The normalized spacial score (nSPS) is 8.29. The zero-order valence-corrected chi connectivity index (χ0v) is 4.21. The molecule has 0 spiro atoms. The van der Waals surface area contributed by atoms with Crippen LogP contribution in [-0.4, -0.2) is 30.4 Å². The summed E-state index contributed by atoms with van der Waals surface area (Å²) in [7, 11) is 2.59. The van der Waals surface area contributed by atoms with E-state index in [1.165, 1.54) is 14.2 Å². The summed E-state index contributed by atoms with van der Waals surface area (Å²) >= 11 is 0. The van der Waals surface area contributed by atoms with E-state index < -0.39 is 6.09 Å². The summed E-state index contributed by atoms with van der Waals surface area (Å²) in [5.74, 6) is 0. The molecule has 0 radical (unpaired) electrons. The molecule has 4 heteroatoms. The van der Waals surface area contributed by atoms with Crippen LogP contribution in [0.4, 0.5) is 4.79 Å². The van der Waals surface area contributed by atoms with Crippen molar-refractivity contribution in [1.82, 2.24) is 5.06 Å². The van der Waals surface area contributed by atoms with Crippen LogP contribution in [0.25, 0.3) is 0 Å². The van der Waals surface area contributed by atoms with Crippen LogP contribution in [0.15, 0.2) is 0 Å². The van der Waals surface area contributed by atoms with Crippen molar-refractivity contribution in [1.29, 1.82) is 0 Å². The van der Waals surface area contributed by atoms with E-state index in [2.05, 4.69) is 4.84 Å². The van der Waals surface area contributed by atoms with E-state index in [0.717, 1.165) is 0 Å². The molecule has 0 aromatic rings. The van der Waals surface area contributed by atoms with E-state index in [-0.39, 0.29) is 0 Å². The van der Waals surface area contributed by atoms with Crippen molar-refractivity contribution in [2.24, 2.45) is 0 Å². The molecule has 7 heavy (non-hydrogen) atoms. The number of carboxylic acid groups (broad SMARTS) is 1. The number of hydrogen-bond donors (Lipinski definition) is 1. The van der Waals surface area contributed by atoms with Gasteiger partial charge in [0.05, 0.1) is 7.11 Å². The monoisotopic (exact) mass is 105 g/mol. The number of nitrogens with zero attached hydrogens (tertiary/aromatic N) is 1. The van der Waals surface area contributed by atoms with Gasteiger partial charge in [0.1, 0.15) is 0 Å². The van der Waals surface area contributed by atoms with Gasteiger partial charge in [0.15, 0.2) is 0 Å². The lowest BCUT2D eigenvalue weighted by Gasteiger charge is -2.06. The van der Waals surface area contributed by atoms with E-state index in [9.17, 15) is 4.79 Å². The highest BCUT2D eigenvalue weighted by molar-refractivity contribution is 5.62. The minimum absolute atomic E-state index is 0.708. The molecule has 0 aromatic heterocycles. The number of hydrogen-bond acceptors (Lipinski definition) is 2. The van der Waals surface area contributed by atoms with Gasteiger partial charge in [-0.2, -0.15) is 5.06 Å². The number of rotatable bonds is 1. The third-order valence-electron chi connectivity index (χ3n) is 0.543. The first-order chi connectivity index (χ1) is 3.18. The highest BCUT2D eigenvalue weighted by atomic mass is 16.7. The minimum atomic E-state index is -1.09. The Morgan fingerprint density at radius 2 is 2.29 bits per heavy atom. The molecule has 0 rings (SSSR count). The van der Waals surface area contributed by atoms with Crippen LogP contribution in [0.1, 0.15) is 0 Å². The summed E-state index contributed by atoms with van der Waals surface area (Å²) in [5.41, 5.74) is 0. The van der Waals surface area contributed by atoms with Gasteiger partial charge in [0.25, 0.3) is 0 Å². The topological polar surface area (TPSA) is 49.8 Å². The van der Waals surface area contributed by atoms with Gasteiger partial charge in [0, 0.05) is 7.05 Å². The smallest absolute Gasteiger partial charge is 0.431 e. The lowest BCUT2D eigenvalue weighted by atomic mass is 11.1. The van der Waals surface area contributed by atoms with E-state index in [1.807, 2.05) is 0 Å². The molecule has 0 bridgehead atoms. The Bertz CT molecular complexity index is 72.6. The van der Waals surface area contributed by atoms with E-state index in [0.29, 0.717) is 5.06 Å². The number of carbonyl (C=O) groups is 1. The first-order valence-electron chi connectivity index (χ1n) is 1.69. The molecule has 42 valence electrons. The van der Waals surface area contributed by atoms with Gasteiger partial charge in [-0.1, -0.05) is 0 Å². The summed E-state index contributed by atoms with van der Waals surface area (Å²) in [4.78, 5) is 14.0. The number of hydroxylamine groups is 2.